The normalized spacial score (nSPS) is 10.0. The molecule has 0 fully saturated rings. The Labute approximate surface area is 108 Å². The Bertz CT molecular complexity index is 677. The van der Waals surface area contributed by atoms with Gasteiger partial charge >= 0.3 is 0 Å². The lowest BCUT2D eigenvalue weighted by atomic mass is 10.2. The number of halogens is 2. The maximum atomic E-state index is 13.8. The first-order chi connectivity index (χ1) is 9.02. The predicted molar refractivity (Wildman–Crippen MR) is 67.7 cm³/mol. The monoisotopic (exact) mass is 260 g/mol. The van der Waals surface area contributed by atoms with Crippen molar-refractivity contribution in [3.63, 3.8) is 0 Å². The zero-order valence-electron chi connectivity index (χ0n) is 10.0. The van der Waals surface area contributed by atoms with Crippen molar-refractivity contribution in [2.75, 3.05) is 11.1 Å². The molecule has 3 N–H and O–H groups in total. The minimum absolute atomic E-state index is 0.0556. The number of pyridine rings is 1. The molecule has 0 unspecified atom stereocenters. The quantitative estimate of drug-likeness (QED) is 0.870. The number of nitrogens with two attached hydrogens (primary N) is 1. The van der Waals surface area contributed by atoms with E-state index in [-0.39, 0.29) is 22.6 Å². The second-order valence-electron chi connectivity index (χ2n) is 3.95. The number of hydrogen-bond acceptors (Lipinski definition) is 4. The van der Waals surface area contributed by atoms with Crippen molar-refractivity contribution in [2.45, 2.75) is 6.92 Å². The summed E-state index contributed by atoms with van der Waals surface area (Å²) in [4.78, 5) is 3.86. The number of rotatable bonds is 2. The summed E-state index contributed by atoms with van der Waals surface area (Å²) < 4.78 is 27.4. The third-order valence-electron chi connectivity index (χ3n) is 2.56. The highest BCUT2D eigenvalue weighted by atomic mass is 19.1. The van der Waals surface area contributed by atoms with Crippen LogP contribution in [0.3, 0.4) is 0 Å². The molecule has 0 spiro atoms. The van der Waals surface area contributed by atoms with Crippen molar-refractivity contribution in [1.29, 1.82) is 5.26 Å². The van der Waals surface area contributed by atoms with Gasteiger partial charge in [-0.15, -0.1) is 0 Å². The summed E-state index contributed by atoms with van der Waals surface area (Å²) in [5.74, 6) is -1.42. The van der Waals surface area contributed by atoms with Crippen molar-refractivity contribution < 1.29 is 8.78 Å². The number of nitriles is 1. The molecule has 0 amide bonds. The van der Waals surface area contributed by atoms with Gasteiger partial charge in [-0.2, -0.15) is 5.26 Å². The second kappa shape index (κ2) is 4.90. The van der Waals surface area contributed by atoms with Gasteiger partial charge in [0.05, 0.1) is 17.4 Å². The summed E-state index contributed by atoms with van der Waals surface area (Å²) in [5, 5.41) is 11.4. The minimum atomic E-state index is -0.759. The summed E-state index contributed by atoms with van der Waals surface area (Å²) >= 11 is 0. The Kier molecular flexibility index (Phi) is 3.29. The molecule has 1 aromatic heterocycles. The molecule has 2 aromatic rings. The highest BCUT2D eigenvalue weighted by Crippen LogP contribution is 2.26. The molecule has 6 heteroatoms. The highest BCUT2D eigenvalue weighted by molar-refractivity contribution is 5.66. The van der Waals surface area contributed by atoms with E-state index in [9.17, 15) is 8.78 Å². The van der Waals surface area contributed by atoms with E-state index in [1.165, 1.54) is 25.3 Å². The van der Waals surface area contributed by atoms with Crippen LogP contribution in [-0.4, -0.2) is 4.98 Å². The van der Waals surface area contributed by atoms with E-state index in [4.69, 9.17) is 11.0 Å². The van der Waals surface area contributed by atoms with Gasteiger partial charge < -0.3 is 11.1 Å². The third-order valence-corrected chi connectivity index (χ3v) is 2.56. The van der Waals surface area contributed by atoms with Gasteiger partial charge in [0.2, 0.25) is 0 Å². The van der Waals surface area contributed by atoms with E-state index in [1.54, 1.807) is 0 Å². The van der Waals surface area contributed by atoms with E-state index >= 15 is 0 Å². The number of anilines is 3. The molecule has 0 saturated carbocycles. The van der Waals surface area contributed by atoms with E-state index in [0.29, 0.717) is 5.69 Å². The molecule has 0 aliphatic carbocycles. The van der Waals surface area contributed by atoms with Crippen LogP contribution in [-0.2, 0) is 0 Å². The maximum absolute atomic E-state index is 13.8. The second-order valence-corrected chi connectivity index (χ2v) is 3.95. The van der Waals surface area contributed by atoms with Crippen LogP contribution in [0.1, 0.15) is 11.1 Å². The molecule has 19 heavy (non-hydrogen) atoms. The molecule has 96 valence electrons. The van der Waals surface area contributed by atoms with Gasteiger partial charge in [0.25, 0.3) is 0 Å². The number of aromatic nitrogens is 1. The molecule has 0 saturated heterocycles. The summed E-state index contributed by atoms with van der Waals surface area (Å²) in [7, 11) is 0. The van der Waals surface area contributed by atoms with Crippen LogP contribution in [0.25, 0.3) is 0 Å². The first-order valence-corrected chi connectivity index (χ1v) is 5.40. The van der Waals surface area contributed by atoms with Gasteiger partial charge in [-0.05, 0) is 24.6 Å². The van der Waals surface area contributed by atoms with Crippen LogP contribution in [0, 0.1) is 29.9 Å². The number of benzene rings is 1. The Balaban J connectivity index is 2.48. The third kappa shape index (κ3) is 2.45. The Hall–Kier alpha value is -2.68. The lowest BCUT2D eigenvalue weighted by Gasteiger charge is -2.11. The summed E-state index contributed by atoms with van der Waals surface area (Å²) in [6.07, 6.45) is 1.30. The van der Waals surface area contributed by atoms with Crippen LogP contribution >= 0.6 is 0 Å². The van der Waals surface area contributed by atoms with Crippen LogP contribution in [0.15, 0.2) is 24.4 Å². The molecule has 1 aromatic carbocycles. The number of nitrogens with one attached hydrogen (secondary N) is 1. The molecular weight excluding hydrogens is 250 g/mol. The Morgan fingerprint density at radius 2 is 2.11 bits per heavy atom. The van der Waals surface area contributed by atoms with Gasteiger partial charge in [-0.3, -0.25) is 0 Å². The summed E-state index contributed by atoms with van der Waals surface area (Å²) in [6.45, 7) is 1.52. The van der Waals surface area contributed by atoms with Crippen molar-refractivity contribution in [1.82, 2.24) is 4.98 Å². The van der Waals surface area contributed by atoms with E-state index < -0.39 is 11.6 Å². The SMILES string of the molecule is Cc1ccc(F)c(Nc2ncc(N)cc2C#N)c1F. The summed E-state index contributed by atoms with van der Waals surface area (Å²) in [5.41, 5.74) is 5.85. The number of nitrogens with zero attached hydrogens (tertiary/aromatic N) is 2. The van der Waals surface area contributed by atoms with Gasteiger partial charge in [0.1, 0.15) is 23.4 Å². The minimum Gasteiger partial charge on any atom is -0.397 e. The molecule has 0 atom stereocenters. The van der Waals surface area contributed by atoms with Gasteiger partial charge in [-0.1, -0.05) is 6.07 Å². The first kappa shape index (κ1) is 12.8. The fraction of sp³-hybridized carbons (Fsp3) is 0.0769. The fourth-order valence-electron chi connectivity index (χ4n) is 1.56. The molecule has 4 nitrogen and oxygen atoms in total. The lowest BCUT2D eigenvalue weighted by Crippen LogP contribution is -2.03. The van der Waals surface area contributed by atoms with Gasteiger partial charge in [0, 0.05) is 0 Å². The van der Waals surface area contributed by atoms with Crippen LogP contribution in [0.2, 0.25) is 0 Å². The molecule has 2 rings (SSSR count). The van der Waals surface area contributed by atoms with Crippen molar-refractivity contribution >= 4 is 17.2 Å². The highest BCUT2D eigenvalue weighted by Gasteiger charge is 2.14. The van der Waals surface area contributed by atoms with Crippen LogP contribution in [0.5, 0.6) is 0 Å². The molecule has 0 aliphatic rings. The van der Waals surface area contributed by atoms with Crippen LogP contribution in [0.4, 0.5) is 26.0 Å². The zero-order valence-corrected chi connectivity index (χ0v) is 10.0. The topological polar surface area (TPSA) is 74.7 Å². The smallest absolute Gasteiger partial charge is 0.152 e. The number of nitrogen functional groups attached to an aromatic ring is 1. The van der Waals surface area contributed by atoms with E-state index in [0.717, 1.165) is 6.07 Å². The van der Waals surface area contributed by atoms with Crippen molar-refractivity contribution in [3.05, 3.63) is 47.2 Å². The summed E-state index contributed by atoms with van der Waals surface area (Å²) in [6, 6.07) is 5.71. The number of hydrogen-bond donors (Lipinski definition) is 2. The lowest BCUT2D eigenvalue weighted by molar-refractivity contribution is 0.584. The molecule has 0 aliphatic heterocycles. The largest absolute Gasteiger partial charge is 0.397 e. The molecule has 0 radical (unpaired) electrons. The van der Waals surface area contributed by atoms with Gasteiger partial charge in [-0.25, -0.2) is 13.8 Å². The van der Waals surface area contributed by atoms with Crippen LogP contribution < -0.4 is 11.1 Å². The molecule has 0 bridgehead atoms. The average Bonchev–Trinajstić information content (AvgIpc) is 2.40. The Morgan fingerprint density at radius 3 is 2.79 bits per heavy atom. The standard InChI is InChI=1S/C13H10F2N4/c1-7-2-3-10(14)12(11(7)15)19-13-8(5-16)4-9(17)6-18-13/h2-4,6H,17H2,1H3,(H,18,19). The Morgan fingerprint density at radius 1 is 1.37 bits per heavy atom. The fourth-order valence-corrected chi connectivity index (χ4v) is 1.56. The molecular formula is C13H10F2N4. The zero-order chi connectivity index (χ0) is 14.0. The average molecular weight is 260 g/mol. The van der Waals surface area contributed by atoms with E-state index in [2.05, 4.69) is 10.3 Å². The number of aryl methyl sites for hydroxylation is 1. The first-order valence-electron chi connectivity index (χ1n) is 5.40. The van der Waals surface area contributed by atoms with Crippen molar-refractivity contribution in [2.24, 2.45) is 0 Å². The predicted octanol–water partition coefficient (Wildman–Crippen LogP) is 2.87. The maximum Gasteiger partial charge on any atom is 0.152 e. The van der Waals surface area contributed by atoms with Crippen molar-refractivity contribution in [3.8, 4) is 6.07 Å². The van der Waals surface area contributed by atoms with Gasteiger partial charge in [0.15, 0.2) is 5.82 Å². The molecule has 1 heterocycles. The van der Waals surface area contributed by atoms with E-state index in [1.807, 2.05) is 6.07 Å².